The van der Waals surface area contributed by atoms with Crippen LogP contribution >= 0.6 is 0 Å². The molecule has 1 atom stereocenters. The van der Waals surface area contributed by atoms with Crippen LogP contribution in [0.3, 0.4) is 0 Å². The summed E-state index contributed by atoms with van der Waals surface area (Å²) in [5.74, 6) is 1.11. The average molecular weight is 370 g/mol. The van der Waals surface area contributed by atoms with Crippen LogP contribution in [0.25, 0.3) is 0 Å². The zero-order valence-corrected chi connectivity index (χ0v) is 16.2. The van der Waals surface area contributed by atoms with Gasteiger partial charge in [0.25, 0.3) is 5.91 Å². The predicted octanol–water partition coefficient (Wildman–Crippen LogP) is 3.51. The molecule has 3 heterocycles. The fourth-order valence-electron chi connectivity index (χ4n) is 5.28. The number of piperidine rings is 1. The summed E-state index contributed by atoms with van der Waals surface area (Å²) in [6.07, 6.45) is 14.0. The average Bonchev–Trinajstić information content (AvgIpc) is 3.15. The molecule has 3 aliphatic rings. The van der Waals surface area contributed by atoms with Crippen molar-refractivity contribution in [2.45, 2.75) is 57.8 Å². The fraction of sp³-hybridized carbons (Fsp3) is 0.682. The minimum Gasteiger partial charge on any atom is -0.342 e. The lowest BCUT2D eigenvalue weighted by molar-refractivity contribution is -0.145. The highest BCUT2D eigenvalue weighted by Crippen LogP contribution is 2.41. The van der Waals surface area contributed by atoms with Gasteiger partial charge in [-0.1, -0.05) is 32.1 Å². The van der Waals surface area contributed by atoms with Gasteiger partial charge in [-0.25, -0.2) is 0 Å². The second-order valence-corrected chi connectivity index (χ2v) is 8.69. The Bertz CT molecular complexity index is 671. The van der Waals surface area contributed by atoms with Crippen LogP contribution in [0, 0.1) is 11.3 Å². The molecule has 3 fully saturated rings. The van der Waals surface area contributed by atoms with Gasteiger partial charge in [0.05, 0.1) is 11.0 Å². The SMILES string of the molecule is O=C(c1cccnc1)N1CCC2(CCCN(CCC3CCCCC3)C2=O)C1. The number of hydrogen-bond donors (Lipinski definition) is 0. The Hall–Kier alpha value is -1.91. The van der Waals surface area contributed by atoms with E-state index < -0.39 is 0 Å². The number of nitrogens with zero attached hydrogens (tertiary/aromatic N) is 3. The van der Waals surface area contributed by atoms with Crippen molar-refractivity contribution in [3.63, 3.8) is 0 Å². The Morgan fingerprint density at radius 3 is 2.78 bits per heavy atom. The fourth-order valence-corrected chi connectivity index (χ4v) is 5.28. The summed E-state index contributed by atoms with van der Waals surface area (Å²) in [5.41, 5.74) is 0.273. The van der Waals surface area contributed by atoms with Crippen molar-refractivity contribution in [2.75, 3.05) is 26.2 Å². The molecule has 2 saturated heterocycles. The molecule has 1 spiro atoms. The van der Waals surface area contributed by atoms with Gasteiger partial charge in [0.15, 0.2) is 0 Å². The standard InChI is InChI=1S/C22H31N3O2/c26-20(19-8-4-12-23-16-19)25-15-11-22(17-25)10-5-13-24(21(22)27)14-9-18-6-2-1-3-7-18/h4,8,12,16,18H,1-3,5-7,9-11,13-15,17H2. The summed E-state index contributed by atoms with van der Waals surface area (Å²) in [4.78, 5) is 34.1. The van der Waals surface area contributed by atoms with Gasteiger partial charge in [-0.3, -0.25) is 14.6 Å². The van der Waals surface area contributed by atoms with Gasteiger partial charge in [0.2, 0.25) is 5.91 Å². The smallest absolute Gasteiger partial charge is 0.255 e. The van der Waals surface area contributed by atoms with E-state index in [1.807, 2.05) is 4.90 Å². The van der Waals surface area contributed by atoms with Crippen molar-refractivity contribution in [3.8, 4) is 0 Å². The molecule has 5 heteroatoms. The number of carbonyl (C=O) groups is 2. The van der Waals surface area contributed by atoms with E-state index in [1.54, 1.807) is 24.5 Å². The zero-order valence-electron chi connectivity index (χ0n) is 16.2. The van der Waals surface area contributed by atoms with Crippen molar-refractivity contribution in [3.05, 3.63) is 30.1 Å². The van der Waals surface area contributed by atoms with Gasteiger partial charge in [-0.15, -0.1) is 0 Å². The van der Waals surface area contributed by atoms with E-state index in [9.17, 15) is 9.59 Å². The minimum absolute atomic E-state index is 0.00658. The summed E-state index contributed by atoms with van der Waals surface area (Å²) in [6.45, 7) is 3.04. The van der Waals surface area contributed by atoms with Gasteiger partial charge < -0.3 is 9.80 Å². The van der Waals surface area contributed by atoms with E-state index >= 15 is 0 Å². The summed E-state index contributed by atoms with van der Waals surface area (Å²) in [5, 5.41) is 0. The van der Waals surface area contributed by atoms with Crippen LogP contribution in [0.2, 0.25) is 0 Å². The molecule has 1 aromatic rings. The Morgan fingerprint density at radius 1 is 1.15 bits per heavy atom. The summed E-state index contributed by atoms with van der Waals surface area (Å²) < 4.78 is 0. The second-order valence-electron chi connectivity index (χ2n) is 8.69. The highest BCUT2D eigenvalue weighted by Gasteiger charge is 2.49. The topological polar surface area (TPSA) is 53.5 Å². The van der Waals surface area contributed by atoms with Crippen LogP contribution in [0.15, 0.2) is 24.5 Å². The normalized spacial score (nSPS) is 26.7. The molecule has 1 aliphatic carbocycles. The Morgan fingerprint density at radius 2 is 2.00 bits per heavy atom. The molecule has 0 radical (unpaired) electrons. The van der Waals surface area contributed by atoms with Crippen molar-refractivity contribution in [1.29, 1.82) is 0 Å². The van der Waals surface area contributed by atoms with Crippen molar-refractivity contribution < 1.29 is 9.59 Å². The molecular weight excluding hydrogens is 338 g/mol. The monoisotopic (exact) mass is 369 g/mol. The maximum atomic E-state index is 13.3. The molecule has 27 heavy (non-hydrogen) atoms. The molecule has 0 bridgehead atoms. The van der Waals surface area contributed by atoms with E-state index in [0.717, 1.165) is 44.7 Å². The van der Waals surface area contributed by atoms with Crippen molar-refractivity contribution in [1.82, 2.24) is 14.8 Å². The molecule has 0 N–H and O–H groups in total. The van der Waals surface area contributed by atoms with E-state index in [4.69, 9.17) is 0 Å². The third-order valence-corrected chi connectivity index (χ3v) is 6.91. The van der Waals surface area contributed by atoms with Gasteiger partial charge in [0, 0.05) is 38.6 Å². The van der Waals surface area contributed by atoms with Crippen LogP contribution in [-0.2, 0) is 4.79 Å². The third-order valence-electron chi connectivity index (χ3n) is 6.91. The van der Waals surface area contributed by atoms with E-state index in [0.29, 0.717) is 24.6 Å². The van der Waals surface area contributed by atoms with Crippen molar-refractivity contribution >= 4 is 11.8 Å². The third kappa shape index (κ3) is 3.87. The number of amides is 2. The van der Waals surface area contributed by atoms with Crippen LogP contribution in [0.5, 0.6) is 0 Å². The highest BCUT2D eigenvalue weighted by molar-refractivity contribution is 5.95. The number of likely N-dealkylation sites (tertiary alicyclic amines) is 2. The van der Waals surface area contributed by atoms with Crippen LogP contribution in [-0.4, -0.2) is 52.8 Å². The number of aromatic nitrogens is 1. The van der Waals surface area contributed by atoms with E-state index in [2.05, 4.69) is 9.88 Å². The van der Waals surface area contributed by atoms with Crippen LogP contribution in [0.4, 0.5) is 0 Å². The molecule has 5 nitrogen and oxygen atoms in total. The van der Waals surface area contributed by atoms with Gasteiger partial charge >= 0.3 is 0 Å². The first-order valence-corrected chi connectivity index (χ1v) is 10.7. The van der Waals surface area contributed by atoms with E-state index in [-0.39, 0.29) is 11.3 Å². The maximum absolute atomic E-state index is 13.3. The van der Waals surface area contributed by atoms with E-state index in [1.165, 1.54) is 32.1 Å². The number of pyridine rings is 1. The molecule has 146 valence electrons. The highest BCUT2D eigenvalue weighted by atomic mass is 16.2. The lowest BCUT2D eigenvalue weighted by Gasteiger charge is -2.40. The molecule has 1 unspecified atom stereocenters. The summed E-state index contributed by atoms with van der Waals surface area (Å²) >= 11 is 0. The summed E-state index contributed by atoms with van der Waals surface area (Å²) in [6, 6.07) is 3.59. The Labute approximate surface area is 162 Å². The molecule has 1 saturated carbocycles. The molecule has 2 amide bonds. The minimum atomic E-state index is -0.345. The predicted molar refractivity (Wildman–Crippen MR) is 104 cm³/mol. The summed E-state index contributed by atoms with van der Waals surface area (Å²) in [7, 11) is 0. The van der Waals surface area contributed by atoms with Gasteiger partial charge in [-0.2, -0.15) is 0 Å². The lowest BCUT2D eigenvalue weighted by atomic mass is 9.78. The molecule has 2 aliphatic heterocycles. The van der Waals surface area contributed by atoms with Gasteiger partial charge in [-0.05, 0) is 43.7 Å². The molecule has 1 aromatic heterocycles. The Kier molecular flexibility index (Phi) is 5.46. The van der Waals surface area contributed by atoms with Crippen LogP contribution < -0.4 is 0 Å². The molecule has 0 aromatic carbocycles. The number of rotatable bonds is 4. The number of hydrogen-bond acceptors (Lipinski definition) is 3. The first kappa shape index (κ1) is 18.5. The first-order valence-electron chi connectivity index (χ1n) is 10.7. The van der Waals surface area contributed by atoms with Gasteiger partial charge in [0.1, 0.15) is 0 Å². The number of carbonyl (C=O) groups excluding carboxylic acids is 2. The van der Waals surface area contributed by atoms with Crippen molar-refractivity contribution in [2.24, 2.45) is 11.3 Å². The lowest BCUT2D eigenvalue weighted by Crippen LogP contribution is -2.50. The first-order chi connectivity index (χ1) is 13.2. The molecular formula is C22H31N3O2. The quantitative estimate of drug-likeness (QED) is 0.816. The van der Waals surface area contributed by atoms with Crippen LogP contribution in [0.1, 0.15) is 68.1 Å². The Balaban J connectivity index is 1.37. The molecule has 4 rings (SSSR count). The second kappa shape index (κ2) is 7.99. The zero-order chi connectivity index (χ0) is 18.7. The maximum Gasteiger partial charge on any atom is 0.255 e. The largest absolute Gasteiger partial charge is 0.342 e.